The largest absolute Gasteiger partial charge is 0.354 e. The lowest BCUT2D eigenvalue weighted by Gasteiger charge is -2.30. The van der Waals surface area contributed by atoms with E-state index < -0.39 is 23.3 Å². The number of benzene rings is 1. The fourth-order valence-electron chi connectivity index (χ4n) is 3.84. The SMILES string of the molecule is CC1CCN(CCCNC(=O)CN2C(=O)NC(C)(c3ccc(F)cc3)C2=O)CC1. The Labute approximate surface area is 170 Å². The molecular formula is C21H29FN4O3. The van der Waals surface area contributed by atoms with Crippen molar-refractivity contribution in [1.82, 2.24) is 20.4 Å². The monoisotopic (exact) mass is 404 g/mol. The third-order valence-electron chi connectivity index (χ3n) is 5.85. The van der Waals surface area contributed by atoms with Crippen molar-refractivity contribution in [1.29, 1.82) is 0 Å². The van der Waals surface area contributed by atoms with Crippen molar-refractivity contribution in [3.8, 4) is 0 Å². The lowest BCUT2D eigenvalue weighted by Crippen LogP contribution is -2.43. The maximum absolute atomic E-state index is 13.2. The van der Waals surface area contributed by atoms with Gasteiger partial charge in [0.1, 0.15) is 17.9 Å². The van der Waals surface area contributed by atoms with Crippen molar-refractivity contribution in [3.63, 3.8) is 0 Å². The molecule has 29 heavy (non-hydrogen) atoms. The second-order valence-electron chi connectivity index (χ2n) is 8.18. The van der Waals surface area contributed by atoms with Gasteiger partial charge in [0, 0.05) is 6.54 Å². The van der Waals surface area contributed by atoms with E-state index in [0.717, 1.165) is 36.9 Å². The first-order chi connectivity index (χ1) is 13.8. The van der Waals surface area contributed by atoms with Gasteiger partial charge in [0.05, 0.1) is 0 Å². The molecule has 2 heterocycles. The smallest absolute Gasteiger partial charge is 0.325 e. The molecule has 7 nitrogen and oxygen atoms in total. The molecule has 2 fully saturated rings. The number of likely N-dealkylation sites (tertiary alicyclic amines) is 1. The molecular weight excluding hydrogens is 375 g/mol. The van der Waals surface area contributed by atoms with Crippen molar-refractivity contribution < 1.29 is 18.8 Å². The van der Waals surface area contributed by atoms with Crippen LogP contribution in [-0.4, -0.2) is 60.4 Å². The van der Waals surface area contributed by atoms with E-state index in [-0.39, 0.29) is 12.5 Å². The first-order valence-electron chi connectivity index (χ1n) is 10.2. The van der Waals surface area contributed by atoms with Gasteiger partial charge < -0.3 is 15.5 Å². The van der Waals surface area contributed by atoms with Crippen LogP contribution in [0.5, 0.6) is 0 Å². The molecule has 3 rings (SSSR count). The number of hydrogen-bond donors (Lipinski definition) is 2. The lowest BCUT2D eigenvalue weighted by molar-refractivity contribution is -0.134. The highest BCUT2D eigenvalue weighted by atomic mass is 19.1. The van der Waals surface area contributed by atoms with Crippen LogP contribution in [0.4, 0.5) is 9.18 Å². The fourth-order valence-corrected chi connectivity index (χ4v) is 3.84. The molecule has 0 aromatic heterocycles. The van der Waals surface area contributed by atoms with E-state index in [2.05, 4.69) is 22.5 Å². The first-order valence-corrected chi connectivity index (χ1v) is 10.2. The molecule has 4 amide bonds. The Morgan fingerprint density at radius 2 is 1.90 bits per heavy atom. The molecule has 2 saturated heterocycles. The summed E-state index contributed by atoms with van der Waals surface area (Å²) < 4.78 is 13.2. The van der Waals surface area contributed by atoms with Gasteiger partial charge in [0.25, 0.3) is 5.91 Å². The standard InChI is InChI=1S/C21H29FN4O3/c1-15-8-12-25(13-9-15)11-3-10-23-18(27)14-26-19(28)21(2,24-20(26)29)16-4-6-17(22)7-5-16/h4-7,15H,3,8-14H2,1-2H3,(H,23,27)(H,24,29). The van der Waals surface area contributed by atoms with Crippen molar-refractivity contribution in [3.05, 3.63) is 35.6 Å². The second-order valence-corrected chi connectivity index (χ2v) is 8.18. The molecule has 2 aliphatic heterocycles. The molecule has 0 bridgehead atoms. The summed E-state index contributed by atoms with van der Waals surface area (Å²) in [5, 5.41) is 5.40. The van der Waals surface area contributed by atoms with Crippen LogP contribution >= 0.6 is 0 Å². The van der Waals surface area contributed by atoms with Gasteiger partial charge in [-0.3, -0.25) is 14.5 Å². The molecule has 0 spiro atoms. The number of piperidine rings is 1. The van der Waals surface area contributed by atoms with Crippen molar-refractivity contribution in [2.75, 3.05) is 32.7 Å². The summed E-state index contributed by atoms with van der Waals surface area (Å²) in [4.78, 5) is 40.6. The minimum Gasteiger partial charge on any atom is -0.354 e. The van der Waals surface area contributed by atoms with E-state index in [1.165, 1.54) is 37.1 Å². The van der Waals surface area contributed by atoms with Gasteiger partial charge in [0.2, 0.25) is 5.91 Å². The number of halogens is 1. The highest BCUT2D eigenvalue weighted by molar-refractivity contribution is 6.09. The number of carbonyl (C=O) groups excluding carboxylic acids is 3. The molecule has 1 atom stereocenters. The van der Waals surface area contributed by atoms with Crippen LogP contribution < -0.4 is 10.6 Å². The molecule has 8 heteroatoms. The zero-order chi connectivity index (χ0) is 21.0. The molecule has 158 valence electrons. The number of urea groups is 1. The van der Waals surface area contributed by atoms with E-state index in [0.29, 0.717) is 12.1 Å². The van der Waals surface area contributed by atoms with E-state index >= 15 is 0 Å². The van der Waals surface area contributed by atoms with E-state index in [4.69, 9.17) is 0 Å². The number of imide groups is 1. The molecule has 0 saturated carbocycles. The van der Waals surface area contributed by atoms with Crippen molar-refractivity contribution >= 4 is 17.8 Å². The fraction of sp³-hybridized carbons (Fsp3) is 0.571. The minimum absolute atomic E-state index is 0.331. The number of nitrogens with one attached hydrogen (secondary N) is 2. The number of hydrogen-bond acceptors (Lipinski definition) is 4. The van der Waals surface area contributed by atoms with Crippen LogP contribution in [0.2, 0.25) is 0 Å². The minimum atomic E-state index is -1.31. The normalized spacial score (nSPS) is 23.3. The Bertz CT molecular complexity index is 762. The van der Waals surface area contributed by atoms with E-state index in [1.54, 1.807) is 6.92 Å². The number of rotatable bonds is 7. The molecule has 0 aliphatic carbocycles. The van der Waals surface area contributed by atoms with Crippen molar-refractivity contribution in [2.24, 2.45) is 5.92 Å². The number of nitrogens with zero attached hydrogens (tertiary/aromatic N) is 2. The highest BCUT2D eigenvalue weighted by Gasteiger charge is 2.49. The van der Waals surface area contributed by atoms with Gasteiger partial charge >= 0.3 is 6.03 Å². The third kappa shape index (κ3) is 4.93. The van der Waals surface area contributed by atoms with Crippen LogP contribution in [0.1, 0.15) is 38.7 Å². The molecule has 2 aliphatic rings. The molecule has 1 aromatic carbocycles. The van der Waals surface area contributed by atoms with Gasteiger partial charge in [-0.25, -0.2) is 9.18 Å². The number of amides is 4. The summed E-state index contributed by atoms with van der Waals surface area (Å²) in [7, 11) is 0. The van der Waals surface area contributed by atoms with E-state index in [9.17, 15) is 18.8 Å². The van der Waals surface area contributed by atoms with Gasteiger partial charge in [-0.1, -0.05) is 19.1 Å². The zero-order valence-electron chi connectivity index (χ0n) is 17.0. The average Bonchev–Trinajstić information content (AvgIpc) is 2.91. The summed E-state index contributed by atoms with van der Waals surface area (Å²) in [6, 6.07) is 4.76. The maximum Gasteiger partial charge on any atom is 0.325 e. The summed E-state index contributed by atoms with van der Waals surface area (Å²) in [5.41, 5.74) is -0.841. The van der Waals surface area contributed by atoms with Crippen LogP contribution in [0.15, 0.2) is 24.3 Å². The Morgan fingerprint density at radius 3 is 2.55 bits per heavy atom. The topological polar surface area (TPSA) is 81.8 Å². The Hall–Kier alpha value is -2.48. The van der Waals surface area contributed by atoms with Crippen LogP contribution in [0, 0.1) is 11.7 Å². The molecule has 0 radical (unpaired) electrons. The summed E-state index contributed by atoms with van der Waals surface area (Å²) in [6.45, 7) is 7.12. The van der Waals surface area contributed by atoms with Crippen LogP contribution in [-0.2, 0) is 15.1 Å². The van der Waals surface area contributed by atoms with Crippen LogP contribution in [0.3, 0.4) is 0 Å². The molecule has 1 unspecified atom stereocenters. The number of carbonyl (C=O) groups is 3. The maximum atomic E-state index is 13.2. The predicted octanol–water partition coefficient (Wildman–Crippen LogP) is 1.83. The highest BCUT2D eigenvalue weighted by Crippen LogP contribution is 2.28. The third-order valence-corrected chi connectivity index (χ3v) is 5.85. The summed E-state index contributed by atoms with van der Waals surface area (Å²) >= 11 is 0. The second kappa shape index (κ2) is 8.90. The first kappa shape index (κ1) is 21.2. The summed E-state index contributed by atoms with van der Waals surface area (Å²) in [6.07, 6.45) is 3.25. The predicted molar refractivity (Wildman–Crippen MR) is 106 cm³/mol. The van der Waals surface area contributed by atoms with Crippen molar-refractivity contribution in [2.45, 2.75) is 38.6 Å². The Morgan fingerprint density at radius 1 is 1.24 bits per heavy atom. The quantitative estimate of drug-likeness (QED) is 0.537. The molecule has 2 N–H and O–H groups in total. The van der Waals surface area contributed by atoms with Gasteiger partial charge in [0.15, 0.2) is 0 Å². The van der Waals surface area contributed by atoms with Gasteiger partial charge in [-0.2, -0.15) is 0 Å². The van der Waals surface area contributed by atoms with Gasteiger partial charge in [-0.15, -0.1) is 0 Å². The van der Waals surface area contributed by atoms with Crippen LogP contribution in [0.25, 0.3) is 0 Å². The Kier molecular flexibility index (Phi) is 6.52. The van der Waals surface area contributed by atoms with Gasteiger partial charge in [-0.05, 0) is 69.4 Å². The Balaban J connectivity index is 1.47. The zero-order valence-corrected chi connectivity index (χ0v) is 17.0. The summed E-state index contributed by atoms with van der Waals surface area (Å²) in [5.74, 6) is -0.532. The average molecular weight is 404 g/mol. The molecule has 1 aromatic rings. The lowest BCUT2D eigenvalue weighted by atomic mass is 9.92. The van der Waals surface area contributed by atoms with E-state index in [1.807, 2.05) is 0 Å².